The topological polar surface area (TPSA) is 35.6 Å². The van der Waals surface area contributed by atoms with E-state index in [1.54, 1.807) is 29.2 Å². The summed E-state index contributed by atoms with van der Waals surface area (Å²) in [5.41, 5.74) is 4.22. The summed E-state index contributed by atoms with van der Waals surface area (Å²) >= 11 is 0. The maximum Gasteiger partial charge on any atom is 0.326 e. The van der Waals surface area contributed by atoms with E-state index in [2.05, 4.69) is 10.2 Å². The van der Waals surface area contributed by atoms with E-state index in [9.17, 15) is 13.6 Å². The zero-order valence-corrected chi connectivity index (χ0v) is 18.7. The number of amides is 2. The fourth-order valence-electron chi connectivity index (χ4n) is 5.11. The third kappa shape index (κ3) is 4.35. The van der Waals surface area contributed by atoms with Crippen molar-refractivity contribution >= 4 is 17.4 Å². The van der Waals surface area contributed by atoms with Gasteiger partial charge in [0.05, 0.1) is 0 Å². The lowest BCUT2D eigenvalue weighted by molar-refractivity contribution is 0.159. The molecule has 0 bridgehead atoms. The van der Waals surface area contributed by atoms with Crippen LogP contribution in [0.25, 0.3) is 0 Å². The molecule has 2 aliphatic rings. The minimum absolute atomic E-state index is 0.203. The van der Waals surface area contributed by atoms with Gasteiger partial charge in [-0.25, -0.2) is 13.6 Å². The minimum atomic E-state index is -0.281. The van der Waals surface area contributed by atoms with Crippen molar-refractivity contribution in [2.75, 3.05) is 29.9 Å². The summed E-state index contributed by atoms with van der Waals surface area (Å²) in [6, 6.07) is 18.9. The lowest BCUT2D eigenvalue weighted by Gasteiger charge is -2.40. The van der Waals surface area contributed by atoms with Crippen molar-refractivity contribution in [2.45, 2.75) is 31.7 Å². The van der Waals surface area contributed by atoms with E-state index >= 15 is 0 Å². The molecule has 0 unspecified atom stereocenters. The van der Waals surface area contributed by atoms with Gasteiger partial charge >= 0.3 is 6.03 Å². The Bertz CT molecular complexity index is 1170. The summed E-state index contributed by atoms with van der Waals surface area (Å²) in [5.74, 6) is -0.507. The molecule has 2 heterocycles. The van der Waals surface area contributed by atoms with Crippen LogP contribution in [0.4, 0.5) is 25.0 Å². The van der Waals surface area contributed by atoms with E-state index in [0.29, 0.717) is 13.1 Å². The van der Waals surface area contributed by atoms with Crippen LogP contribution in [0.2, 0.25) is 0 Å². The molecule has 6 heteroatoms. The molecule has 0 saturated carbocycles. The second kappa shape index (κ2) is 8.60. The molecule has 170 valence electrons. The number of carbonyl (C=O) groups is 1. The number of likely N-dealkylation sites (tertiary alicyclic amines) is 1. The second-order valence-electron chi connectivity index (χ2n) is 9.23. The first-order chi connectivity index (χ1) is 15.9. The van der Waals surface area contributed by atoms with Crippen molar-refractivity contribution in [2.24, 2.45) is 0 Å². The lowest BCUT2D eigenvalue weighted by atomic mass is 9.74. The van der Waals surface area contributed by atoms with Crippen LogP contribution in [-0.4, -0.2) is 30.6 Å². The van der Waals surface area contributed by atoms with Crippen molar-refractivity contribution in [3.8, 4) is 0 Å². The van der Waals surface area contributed by atoms with Gasteiger partial charge in [0.2, 0.25) is 0 Å². The van der Waals surface area contributed by atoms with E-state index in [0.717, 1.165) is 54.0 Å². The minimum Gasteiger partial charge on any atom is -0.308 e. The Morgan fingerprint density at radius 2 is 1.70 bits per heavy atom. The Morgan fingerprint density at radius 3 is 2.42 bits per heavy atom. The van der Waals surface area contributed by atoms with Crippen LogP contribution in [0.3, 0.4) is 0 Å². The third-order valence-electron chi connectivity index (χ3n) is 6.94. The smallest absolute Gasteiger partial charge is 0.308 e. The molecule has 4 nitrogen and oxygen atoms in total. The van der Waals surface area contributed by atoms with Gasteiger partial charge in [-0.15, -0.1) is 0 Å². The highest BCUT2D eigenvalue weighted by Gasteiger charge is 2.46. The number of halogens is 2. The number of aryl methyl sites for hydroxylation is 1. The number of hydrogen-bond donors (Lipinski definition) is 1. The Balaban J connectivity index is 1.34. The van der Waals surface area contributed by atoms with E-state index in [1.165, 1.54) is 12.1 Å². The highest BCUT2D eigenvalue weighted by molar-refractivity contribution is 6.03. The van der Waals surface area contributed by atoms with Gasteiger partial charge < -0.3 is 5.32 Å². The van der Waals surface area contributed by atoms with E-state index in [4.69, 9.17) is 0 Å². The number of fused-ring (bicyclic) bond motifs is 2. The van der Waals surface area contributed by atoms with Crippen LogP contribution in [0.1, 0.15) is 29.5 Å². The number of carbonyl (C=O) groups excluding carboxylic acids is 1. The van der Waals surface area contributed by atoms with Gasteiger partial charge in [0.15, 0.2) is 0 Å². The SMILES string of the molecule is Cc1ccc(NC(=O)N2CC3(CCN(Cc4cccc(F)c4)CC3)c3cc(F)ccc32)cc1. The second-order valence-corrected chi connectivity index (χ2v) is 9.23. The van der Waals surface area contributed by atoms with E-state index < -0.39 is 0 Å². The van der Waals surface area contributed by atoms with Crippen LogP contribution >= 0.6 is 0 Å². The molecule has 1 fully saturated rings. The molecule has 1 spiro atoms. The standard InChI is InChI=1S/C27H27F2N3O/c1-19-5-8-23(9-6-19)30-26(33)32-18-27(24-16-22(29)7-10-25(24)32)11-13-31(14-12-27)17-20-3-2-4-21(28)15-20/h2-10,15-16H,11-14,17-18H2,1H3,(H,30,33). The quantitative estimate of drug-likeness (QED) is 0.546. The van der Waals surface area contributed by atoms with Gasteiger partial charge in [0.25, 0.3) is 0 Å². The van der Waals surface area contributed by atoms with Crippen molar-refractivity contribution in [3.63, 3.8) is 0 Å². The van der Waals surface area contributed by atoms with Gasteiger partial charge in [-0.1, -0.05) is 29.8 Å². The van der Waals surface area contributed by atoms with E-state index in [1.807, 2.05) is 37.3 Å². The monoisotopic (exact) mass is 447 g/mol. The molecule has 2 aliphatic heterocycles. The summed E-state index contributed by atoms with van der Waals surface area (Å²) in [7, 11) is 0. The number of hydrogen-bond acceptors (Lipinski definition) is 2. The number of piperidine rings is 1. The molecule has 33 heavy (non-hydrogen) atoms. The van der Waals surface area contributed by atoms with Crippen molar-refractivity contribution in [1.82, 2.24) is 4.90 Å². The summed E-state index contributed by atoms with van der Waals surface area (Å²) in [6.45, 7) is 4.82. The molecule has 3 aromatic rings. The van der Waals surface area contributed by atoms with Crippen molar-refractivity contribution in [1.29, 1.82) is 0 Å². The summed E-state index contributed by atoms with van der Waals surface area (Å²) in [4.78, 5) is 17.2. The van der Waals surface area contributed by atoms with Crippen LogP contribution in [0, 0.1) is 18.6 Å². The molecule has 0 atom stereocenters. The number of nitrogens with one attached hydrogen (secondary N) is 1. The predicted octanol–water partition coefficient (Wildman–Crippen LogP) is 5.86. The normalized spacial score (nSPS) is 17.2. The van der Waals surface area contributed by atoms with Gasteiger partial charge in [-0.05, 0) is 86.4 Å². The number of anilines is 2. The number of rotatable bonds is 3. The predicted molar refractivity (Wildman–Crippen MR) is 127 cm³/mol. The summed E-state index contributed by atoms with van der Waals surface area (Å²) in [6.07, 6.45) is 1.63. The van der Waals surface area contributed by atoms with Crippen LogP contribution in [0.15, 0.2) is 66.7 Å². The van der Waals surface area contributed by atoms with Gasteiger partial charge in [0, 0.05) is 29.9 Å². The highest BCUT2D eigenvalue weighted by atomic mass is 19.1. The average Bonchev–Trinajstić information content (AvgIpc) is 3.10. The molecular formula is C27H27F2N3O. The zero-order valence-electron chi connectivity index (χ0n) is 18.7. The third-order valence-corrected chi connectivity index (χ3v) is 6.94. The number of nitrogens with zero attached hydrogens (tertiary/aromatic N) is 2. The number of urea groups is 1. The Labute approximate surface area is 192 Å². The van der Waals surface area contributed by atoms with Gasteiger partial charge in [-0.3, -0.25) is 9.80 Å². The molecular weight excluding hydrogens is 420 g/mol. The molecule has 3 aromatic carbocycles. The molecule has 0 radical (unpaired) electrons. The maximum atomic E-state index is 14.2. The molecule has 0 aromatic heterocycles. The molecule has 0 aliphatic carbocycles. The Hall–Kier alpha value is -3.25. The van der Waals surface area contributed by atoms with Gasteiger partial charge in [0.1, 0.15) is 11.6 Å². The van der Waals surface area contributed by atoms with Crippen LogP contribution in [0.5, 0.6) is 0 Å². The molecule has 5 rings (SSSR count). The number of benzene rings is 3. The molecule has 1 saturated heterocycles. The maximum absolute atomic E-state index is 14.2. The van der Waals surface area contributed by atoms with E-state index in [-0.39, 0.29) is 23.1 Å². The highest BCUT2D eigenvalue weighted by Crippen LogP contribution is 2.47. The fraction of sp³-hybridized carbons (Fsp3) is 0.296. The van der Waals surface area contributed by atoms with Crippen molar-refractivity contribution in [3.05, 3.63) is 95.1 Å². The molecule has 1 N–H and O–H groups in total. The summed E-state index contributed by atoms with van der Waals surface area (Å²) in [5, 5.41) is 2.98. The zero-order chi connectivity index (χ0) is 23.0. The first-order valence-electron chi connectivity index (χ1n) is 11.3. The van der Waals surface area contributed by atoms with Crippen molar-refractivity contribution < 1.29 is 13.6 Å². The largest absolute Gasteiger partial charge is 0.326 e. The average molecular weight is 448 g/mol. The van der Waals surface area contributed by atoms with Gasteiger partial charge in [-0.2, -0.15) is 0 Å². The summed E-state index contributed by atoms with van der Waals surface area (Å²) < 4.78 is 27.8. The first kappa shape index (κ1) is 21.6. The Morgan fingerprint density at radius 1 is 0.970 bits per heavy atom. The van der Waals surface area contributed by atoms with Crippen LogP contribution in [-0.2, 0) is 12.0 Å². The van der Waals surface area contributed by atoms with Crippen LogP contribution < -0.4 is 10.2 Å². The first-order valence-corrected chi connectivity index (χ1v) is 11.3. The molecule has 2 amide bonds. The fourth-order valence-corrected chi connectivity index (χ4v) is 5.11. The lowest BCUT2D eigenvalue weighted by Crippen LogP contribution is -2.46. The Kier molecular flexibility index (Phi) is 5.62.